The molecule has 0 heterocycles. The van der Waals surface area contributed by atoms with E-state index in [9.17, 15) is 0 Å². The van der Waals surface area contributed by atoms with Gasteiger partial charge in [0.2, 0.25) is 0 Å². The van der Waals surface area contributed by atoms with E-state index < -0.39 is 0 Å². The standard InChI is InChI=1S/C12H18ClN/c1-9-5-6-11(10(2)7-9)12(13)8-14(3)4/h5-7,12H,8H2,1-4H3. The molecule has 0 spiro atoms. The number of rotatable bonds is 3. The first-order valence-electron chi connectivity index (χ1n) is 4.86. The quantitative estimate of drug-likeness (QED) is 0.695. The maximum Gasteiger partial charge on any atom is 0.0714 e. The third-order valence-corrected chi connectivity index (χ3v) is 2.66. The minimum absolute atomic E-state index is 0.0885. The minimum Gasteiger partial charge on any atom is -0.308 e. The normalized spacial score (nSPS) is 13.3. The van der Waals surface area contributed by atoms with Crippen LogP contribution in [0.2, 0.25) is 0 Å². The highest BCUT2D eigenvalue weighted by Gasteiger charge is 2.11. The lowest BCUT2D eigenvalue weighted by Crippen LogP contribution is -2.17. The summed E-state index contributed by atoms with van der Waals surface area (Å²) >= 11 is 6.32. The number of likely N-dealkylation sites (N-methyl/N-ethyl adjacent to an activating group) is 1. The summed E-state index contributed by atoms with van der Waals surface area (Å²) in [4.78, 5) is 2.11. The largest absolute Gasteiger partial charge is 0.308 e. The highest BCUT2D eigenvalue weighted by molar-refractivity contribution is 6.21. The van der Waals surface area contributed by atoms with Crippen molar-refractivity contribution in [1.29, 1.82) is 0 Å². The van der Waals surface area contributed by atoms with Gasteiger partial charge in [-0.25, -0.2) is 0 Å². The third-order valence-electron chi connectivity index (χ3n) is 2.29. The van der Waals surface area contributed by atoms with Crippen molar-refractivity contribution >= 4 is 11.6 Å². The van der Waals surface area contributed by atoms with Gasteiger partial charge in [0.1, 0.15) is 0 Å². The van der Waals surface area contributed by atoms with Crippen molar-refractivity contribution in [2.24, 2.45) is 0 Å². The second kappa shape index (κ2) is 4.81. The number of alkyl halides is 1. The summed E-state index contributed by atoms with van der Waals surface area (Å²) in [6, 6.07) is 6.43. The van der Waals surface area contributed by atoms with Crippen LogP contribution in [0.15, 0.2) is 18.2 Å². The molecule has 0 aliphatic heterocycles. The SMILES string of the molecule is Cc1ccc(C(Cl)CN(C)C)c(C)c1. The molecule has 0 bridgehead atoms. The van der Waals surface area contributed by atoms with E-state index in [1.165, 1.54) is 16.7 Å². The van der Waals surface area contributed by atoms with E-state index in [2.05, 4.69) is 36.9 Å². The van der Waals surface area contributed by atoms with Crippen molar-refractivity contribution in [2.75, 3.05) is 20.6 Å². The van der Waals surface area contributed by atoms with Crippen LogP contribution in [0.4, 0.5) is 0 Å². The fraction of sp³-hybridized carbons (Fsp3) is 0.500. The minimum atomic E-state index is 0.0885. The van der Waals surface area contributed by atoms with Crippen molar-refractivity contribution in [1.82, 2.24) is 4.90 Å². The van der Waals surface area contributed by atoms with Crippen LogP contribution in [0.5, 0.6) is 0 Å². The monoisotopic (exact) mass is 211 g/mol. The van der Waals surface area contributed by atoms with Gasteiger partial charge in [-0.3, -0.25) is 0 Å². The fourth-order valence-corrected chi connectivity index (χ4v) is 2.12. The second-order valence-corrected chi connectivity index (χ2v) is 4.62. The van der Waals surface area contributed by atoms with Gasteiger partial charge >= 0.3 is 0 Å². The number of nitrogens with zero attached hydrogens (tertiary/aromatic N) is 1. The number of hydrogen-bond donors (Lipinski definition) is 0. The summed E-state index contributed by atoms with van der Waals surface area (Å²) < 4.78 is 0. The van der Waals surface area contributed by atoms with Crippen molar-refractivity contribution in [3.63, 3.8) is 0 Å². The molecule has 1 unspecified atom stereocenters. The Hall–Kier alpha value is -0.530. The zero-order valence-electron chi connectivity index (χ0n) is 9.34. The number of hydrogen-bond acceptors (Lipinski definition) is 1. The number of halogens is 1. The Labute approximate surface area is 91.7 Å². The van der Waals surface area contributed by atoms with Crippen LogP contribution in [0.3, 0.4) is 0 Å². The molecule has 1 rings (SSSR count). The van der Waals surface area contributed by atoms with Crippen LogP contribution < -0.4 is 0 Å². The van der Waals surface area contributed by atoms with Gasteiger partial charge in [-0.2, -0.15) is 0 Å². The molecule has 1 aromatic rings. The molecule has 14 heavy (non-hydrogen) atoms. The molecule has 0 radical (unpaired) electrons. The highest BCUT2D eigenvalue weighted by atomic mass is 35.5. The molecule has 0 aliphatic rings. The van der Waals surface area contributed by atoms with Gasteiger partial charge in [0, 0.05) is 6.54 Å². The molecule has 1 aromatic carbocycles. The summed E-state index contributed by atoms with van der Waals surface area (Å²) in [6.07, 6.45) is 0. The van der Waals surface area contributed by atoms with E-state index in [1.807, 2.05) is 14.1 Å². The zero-order valence-corrected chi connectivity index (χ0v) is 10.1. The zero-order chi connectivity index (χ0) is 10.7. The van der Waals surface area contributed by atoms with E-state index in [4.69, 9.17) is 11.6 Å². The smallest absolute Gasteiger partial charge is 0.0714 e. The molecule has 2 heteroatoms. The van der Waals surface area contributed by atoms with E-state index in [0.29, 0.717) is 0 Å². The lowest BCUT2D eigenvalue weighted by Gasteiger charge is -2.17. The van der Waals surface area contributed by atoms with Crippen LogP contribution in [0.1, 0.15) is 22.1 Å². The predicted molar refractivity (Wildman–Crippen MR) is 63.1 cm³/mol. The maximum atomic E-state index is 6.32. The first-order valence-corrected chi connectivity index (χ1v) is 5.30. The Balaban J connectivity index is 2.84. The first kappa shape index (κ1) is 11.5. The molecule has 0 amide bonds. The second-order valence-electron chi connectivity index (χ2n) is 4.09. The summed E-state index contributed by atoms with van der Waals surface area (Å²) in [5.74, 6) is 0. The van der Waals surface area contributed by atoms with Crippen LogP contribution in [0.25, 0.3) is 0 Å². The van der Waals surface area contributed by atoms with Gasteiger partial charge in [-0.05, 0) is 39.1 Å². The maximum absolute atomic E-state index is 6.32. The molecular formula is C12H18ClN. The summed E-state index contributed by atoms with van der Waals surface area (Å²) in [5.41, 5.74) is 3.82. The van der Waals surface area contributed by atoms with Gasteiger partial charge in [-0.15, -0.1) is 11.6 Å². The third kappa shape index (κ3) is 3.00. The van der Waals surface area contributed by atoms with Gasteiger partial charge < -0.3 is 4.90 Å². The van der Waals surface area contributed by atoms with Crippen molar-refractivity contribution in [3.05, 3.63) is 34.9 Å². The Morgan fingerprint density at radius 2 is 1.93 bits per heavy atom. The molecule has 0 N–H and O–H groups in total. The average molecular weight is 212 g/mol. The Bertz CT molecular complexity index is 307. The van der Waals surface area contributed by atoms with Crippen LogP contribution in [-0.2, 0) is 0 Å². The number of benzene rings is 1. The molecule has 0 fully saturated rings. The lowest BCUT2D eigenvalue weighted by molar-refractivity contribution is 0.407. The predicted octanol–water partition coefficient (Wildman–Crippen LogP) is 3.14. The van der Waals surface area contributed by atoms with Crippen LogP contribution >= 0.6 is 11.6 Å². The Morgan fingerprint density at radius 3 is 2.43 bits per heavy atom. The molecule has 1 nitrogen and oxygen atoms in total. The molecule has 0 aromatic heterocycles. The molecule has 0 aliphatic carbocycles. The molecule has 78 valence electrons. The van der Waals surface area contributed by atoms with E-state index >= 15 is 0 Å². The molecule has 1 atom stereocenters. The number of aryl methyl sites for hydroxylation is 2. The molecule has 0 saturated carbocycles. The van der Waals surface area contributed by atoms with Gasteiger partial charge in [-0.1, -0.05) is 23.8 Å². The van der Waals surface area contributed by atoms with E-state index in [0.717, 1.165) is 6.54 Å². The highest BCUT2D eigenvalue weighted by Crippen LogP contribution is 2.24. The van der Waals surface area contributed by atoms with Crippen molar-refractivity contribution in [2.45, 2.75) is 19.2 Å². The van der Waals surface area contributed by atoms with Crippen LogP contribution in [-0.4, -0.2) is 25.5 Å². The Kier molecular flexibility index (Phi) is 3.97. The molecule has 0 saturated heterocycles. The van der Waals surface area contributed by atoms with Crippen molar-refractivity contribution in [3.8, 4) is 0 Å². The summed E-state index contributed by atoms with van der Waals surface area (Å²) in [7, 11) is 4.08. The van der Waals surface area contributed by atoms with Crippen molar-refractivity contribution < 1.29 is 0 Å². The van der Waals surface area contributed by atoms with E-state index in [1.54, 1.807) is 0 Å². The Morgan fingerprint density at radius 1 is 1.29 bits per heavy atom. The van der Waals surface area contributed by atoms with Gasteiger partial charge in [0.05, 0.1) is 5.38 Å². The van der Waals surface area contributed by atoms with Crippen LogP contribution in [0, 0.1) is 13.8 Å². The van der Waals surface area contributed by atoms with Gasteiger partial charge in [0.25, 0.3) is 0 Å². The summed E-state index contributed by atoms with van der Waals surface area (Å²) in [6.45, 7) is 5.10. The molecular weight excluding hydrogens is 194 g/mol. The first-order chi connectivity index (χ1) is 6.50. The average Bonchev–Trinajstić information content (AvgIpc) is 2.01. The van der Waals surface area contributed by atoms with E-state index in [-0.39, 0.29) is 5.38 Å². The topological polar surface area (TPSA) is 3.24 Å². The summed E-state index contributed by atoms with van der Waals surface area (Å²) in [5, 5.41) is 0.0885. The lowest BCUT2D eigenvalue weighted by atomic mass is 10.0. The fourth-order valence-electron chi connectivity index (χ4n) is 1.60. The van der Waals surface area contributed by atoms with Gasteiger partial charge in [0.15, 0.2) is 0 Å².